The Morgan fingerprint density at radius 2 is 2.10 bits per heavy atom. The average Bonchev–Trinajstić information content (AvgIpc) is 3.13. The van der Waals surface area contributed by atoms with Crippen LogP contribution in [0.2, 0.25) is 0 Å². The largest absolute Gasteiger partial charge is 0.353 e. The molecule has 4 rings (SSSR count). The van der Waals surface area contributed by atoms with Crippen molar-refractivity contribution < 1.29 is 9.59 Å². The lowest BCUT2D eigenvalue weighted by Crippen LogP contribution is -2.42. The van der Waals surface area contributed by atoms with E-state index in [2.05, 4.69) is 5.32 Å². The number of para-hydroxylation sites is 1. The average molecular weight is 270 g/mol. The number of carbonyl (C=O) groups is 2. The number of fused-ring (bicyclic) bond motifs is 2. The highest BCUT2D eigenvalue weighted by atomic mass is 16.2. The van der Waals surface area contributed by atoms with Gasteiger partial charge in [0.15, 0.2) is 0 Å². The minimum atomic E-state index is -0.570. The zero-order chi connectivity index (χ0) is 13.9. The van der Waals surface area contributed by atoms with Crippen LogP contribution in [0.4, 0.5) is 5.69 Å². The van der Waals surface area contributed by atoms with Crippen LogP contribution < -0.4 is 10.2 Å². The predicted octanol–water partition coefficient (Wildman–Crippen LogP) is 1.59. The summed E-state index contributed by atoms with van der Waals surface area (Å²) in [6.07, 6.45) is 4.02. The quantitative estimate of drug-likeness (QED) is 0.887. The van der Waals surface area contributed by atoms with Crippen LogP contribution in [-0.2, 0) is 15.0 Å². The van der Waals surface area contributed by atoms with E-state index in [1.165, 1.54) is 6.42 Å². The van der Waals surface area contributed by atoms with Crippen LogP contribution in [0, 0.1) is 5.92 Å². The fraction of sp³-hybridized carbons (Fsp3) is 0.500. The molecule has 0 unspecified atom stereocenters. The standard InChI is InChI=1S/C16H18N2O2/c1-18-13-8-3-2-7-11(13)16(15(18)20)9-12(16)14(19)17-10-5-4-6-10/h2-3,7-8,10,12H,4-6,9H2,1H3,(H,17,19)/t12-,16+/m0/s1. The zero-order valence-electron chi connectivity index (χ0n) is 11.6. The fourth-order valence-electron chi connectivity index (χ4n) is 3.64. The number of rotatable bonds is 2. The van der Waals surface area contributed by atoms with Gasteiger partial charge in [-0.25, -0.2) is 0 Å². The Morgan fingerprint density at radius 3 is 2.80 bits per heavy atom. The molecule has 2 atom stereocenters. The van der Waals surface area contributed by atoms with Crippen LogP contribution in [0.25, 0.3) is 0 Å². The molecule has 4 nitrogen and oxygen atoms in total. The Hall–Kier alpha value is -1.84. The number of carbonyl (C=O) groups excluding carboxylic acids is 2. The maximum absolute atomic E-state index is 12.6. The summed E-state index contributed by atoms with van der Waals surface area (Å²) in [7, 11) is 1.80. The summed E-state index contributed by atoms with van der Waals surface area (Å²) in [5.74, 6) is -0.0395. The third-order valence-corrected chi connectivity index (χ3v) is 5.16. The van der Waals surface area contributed by atoms with Crippen molar-refractivity contribution in [3.8, 4) is 0 Å². The summed E-state index contributed by atoms with van der Waals surface area (Å²) >= 11 is 0. The fourth-order valence-corrected chi connectivity index (χ4v) is 3.64. The molecule has 3 aliphatic rings. The summed E-state index contributed by atoms with van der Waals surface area (Å²) < 4.78 is 0. The summed E-state index contributed by atoms with van der Waals surface area (Å²) in [6.45, 7) is 0. The molecule has 1 aromatic carbocycles. The lowest BCUT2D eigenvalue weighted by Gasteiger charge is -2.26. The lowest BCUT2D eigenvalue weighted by atomic mass is 9.91. The third-order valence-electron chi connectivity index (χ3n) is 5.16. The number of nitrogens with one attached hydrogen (secondary N) is 1. The smallest absolute Gasteiger partial charge is 0.238 e. The van der Waals surface area contributed by atoms with Gasteiger partial charge in [0.05, 0.1) is 11.3 Å². The van der Waals surface area contributed by atoms with Crippen molar-refractivity contribution in [2.24, 2.45) is 5.92 Å². The molecule has 2 amide bonds. The number of anilines is 1. The van der Waals surface area contributed by atoms with Gasteiger partial charge in [0.1, 0.15) is 0 Å². The lowest BCUT2D eigenvalue weighted by molar-refractivity contribution is -0.127. The van der Waals surface area contributed by atoms with Gasteiger partial charge in [0.25, 0.3) is 0 Å². The van der Waals surface area contributed by atoms with Crippen molar-refractivity contribution in [3.05, 3.63) is 29.8 Å². The van der Waals surface area contributed by atoms with Crippen LogP contribution in [-0.4, -0.2) is 24.9 Å². The maximum atomic E-state index is 12.6. The Balaban J connectivity index is 1.63. The van der Waals surface area contributed by atoms with Gasteiger partial charge in [-0.3, -0.25) is 9.59 Å². The molecule has 2 fully saturated rings. The third kappa shape index (κ3) is 1.37. The van der Waals surface area contributed by atoms with Crippen molar-refractivity contribution in [2.45, 2.75) is 37.1 Å². The van der Waals surface area contributed by atoms with Gasteiger partial charge < -0.3 is 10.2 Å². The second-order valence-corrected chi connectivity index (χ2v) is 6.25. The SMILES string of the molecule is CN1C(=O)[C@]2(C[C@H]2C(=O)NC2CCC2)c2ccccc21. The van der Waals surface area contributed by atoms with E-state index in [9.17, 15) is 9.59 Å². The van der Waals surface area contributed by atoms with Gasteiger partial charge in [0, 0.05) is 18.8 Å². The van der Waals surface area contributed by atoms with Crippen molar-refractivity contribution in [3.63, 3.8) is 0 Å². The van der Waals surface area contributed by atoms with E-state index in [-0.39, 0.29) is 17.7 Å². The predicted molar refractivity (Wildman–Crippen MR) is 75.4 cm³/mol. The number of nitrogens with zero attached hydrogens (tertiary/aromatic N) is 1. The second kappa shape index (κ2) is 3.84. The molecule has 0 bridgehead atoms. The molecule has 1 aliphatic heterocycles. The first kappa shape index (κ1) is 11.9. The van der Waals surface area contributed by atoms with Gasteiger partial charge >= 0.3 is 0 Å². The normalized spacial score (nSPS) is 31.1. The first-order valence-corrected chi connectivity index (χ1v) is 7.32. The van der Waals surface area contributed by atoms with Crippen LogP contribution in [0.1, 0.15) is 31.2 Å². The zero-order valence-corrected chi connectivity index (χ0v) is 11.6. The number of hydrogen-bond donors (Lipinski definition) is 1. The molecule has 1 aromatic rings. The molecule has 2 aliphatic carbocycles. The Morgan fingerprint density at radius 1 is 1.35 bits per heavy atom. The highest BCUT2D eigenvalue weighted by Gasteiger charge is 2.69. The molecule has 20 heavy (non-hydrogen) atoms. The van der Waals surface area contributed by atoms with E-state index in [1.54, 1.807) is 11.9 Å². The number of benzene rings is 1. The monoisotopic (exact) mass is 270 g/mol. The van der Waals surface area contributed by atoms with Crippen molar-refractivity contribution in [1.82, 2.24) is 5.32 Å². The summed E-state index contributed by atoms with van der Waals surface area (Å²) in [5.41, 5.74) is 1.41. The van der Waals surface area contributed by atoms with Crippen molar-refractivity contribution >= 4 is 17.5 Å². The molecule has 4 heteroatoms. The minimum Gasteiger partial charge on any atom is -0.353 e. The molecule has 0 saturated heterocycles. The molecule has 1 heterocycles. The second-order valence-electron chi connectivity index (χ2n) is 6.25. The summed E-state index contributed by atoms with van der Waals surface area (Å²) in [6, 6.07) is 8.18. The molecular weight excluding hydrogens is 252 g/mol. The Kier molecular flexibility index (Phi) is 2.29. The molecule has 104 valence electrons. The van der Waals surface area contributed by atoms with E-state index >= 15 is 0 Å². The number of hydrogen-bond acceptors (Lipinski definition) is 2. The van der Waals surface area contributed by atoms with E-state index in [4.69, 9.17) is 0 Å². The molecular formula is C16H18N2O2. The van der Waals surface area contributed by atoms with Gasteiger partial charge in [-0.05, 0) is 37.3 Å². The molecule has 0 aromatic heterocycles. The van der Waals surface area contributed by atoms with E-state index in [0.29, 0.717) is 12.5 Å². The first-order chi connectivity index (χ1) is 9.64. The highest BCUT2D eigenvalue weighted by molar-refractivity contribution is 6.13. The van der Waals surface area contributed by atoms with Gasteiger partial charge in [-0.2, -0.15) is 0 Å². The van der Waals surface area contributed by atoms with Crippen molar-refractivity contribution in [2.75, 3.05) is 11.9 Å². The van der Waals surface area contributed by atoms with Crippen molar-refractivity contribution in [1.29, 1.82) is 0 Å². The molecule has 0 radical (unpaired) electrons. The number of amides is 2. The Labute approximate surface area is 118 Å². The van der Waals surface area contributed by atoms with Crippen LogP contribution in [0.5, 0.6) is 0 Å². The van der Waals surface area contributed by atoms with E-state index < -0.39 is 5.41 Å². The van der Waals surface area contributed by atoms with Crippen LogP contribution in [0.3, 0.4) is 0 Å². The molecule has 1 spiro atoms. The minimum absolute atomic E-state index is 0.0631. The van der Waals surface area contributed by atoms with Gasteiger partial charge in [0.2, 0.25) is 11.8 Å². The Bertz CT molecular complexity index is 608. The van der Waals surface area contributed by atoms with Gasteiger partial charge in [-0.1, -0.05) is 18.2 Å². The summed E-state index contributed by atoms with van der Waals surface area (Å²) in [5, 5.41) is 3.09. The van der Waals surface area contributed by atoms with E-state index in [1.807, 2.05) is 24.3 Å². The topological polar surface area (TPSA) is 49.4 Å². The van der Waals surface area contributed by atoms with E-state index in [0.717, 1.165) is 24.1 Å². The maximum Gasteiger partial charge on any atom is 0.238 e. The highest BCUT2D eigenvalue weighted by Crippen LogP contribution is 2.61. The first-order valence-electron chi connectivity index (χ1n) is 7.32. The summed E-state index contributed by atoms with van der Waals surface area (Å²) in [4.78, 5) is 26.6. The molecule has 1 N–H and O–H groups in total. The van der Waals surface area contributed by atoms with Crippen LogP contribution in [0.15, 0.2) is 24.3 Å². The van der Waals surface area contributed by atoms with Crippen LogP contribution >= 0.6 is 0 Å². The molecule has 2 saturated carbocycles. The van der Waals surface area contributed by atoms with Gasteiger partial charge in [-0.15, -0.1) is 0 Å². The number of likely N-dealkylation sites (N-methyl/N-ethyl adjacent to an activating group) is 1.